The minimum atomic E-state index is -0.0209. The number of fused-ring (bicyclic) bond motifs is 1. The van der Waals surface area contributed by atoms with Gasteiger partial charge in [-0.25, -0.2) is 9.97 Å². The van der Waals surface area contributed by atoms with E-state index in [0.717, 1.165) is 49.9 Å². The SMILES string of the molecule is O=C(CCC1CCCO1)Nc1nc2cc(Cl)cnc2n1C1CCC1. The lowest BCUT2D eigenvalue weighted by atomic mass is 9.93. The van der Waals surface area contributed by atoms with Gasteiger partial charge in [0.15, 0.2) is 5.65 Å². The Balaban J connectivity index is 1.52. The Hall–Kier alpha value is -1.66. The molecule has 1 aliphatic carbocycles. The normalized spacial score (nSPS) is 21.1. The zero-order valence-corrected chi connectivity index (χ0v) is 14.3. The topological polar surface area (TPSA) is 69.0 Å². The number of rotatable bonds is 5. The van der Waals surface area contributed by atoms with Crippen LogP contribution in [0.25, 0.3) is 11.2 Å². The number of nitrogens with zero attached hydrogens (tertiary/aromatic N) is 3. The Kier molecular flexibility index (Phi) is 4.41. The van der Waals surface area contributed by atoms with Crippen molar-refractivity contribution in [2.75, 3.05) is 11.9 Å². The summed E-state index contributed by atoms with van der Waals surface area (Å²) in [5.41, 5.74) is 1.52. The van der Waals surface area contributed by atoms with Crippen LogP contribution in [0.3, 0.4) is 0 Å². The Morgan fingerprint density at radius 3 is 2.96 bits per heavy atom. The van der Waals surface area contributed by atoms with E-state index in [1.807, 2.05) is 0 Å². The third kappa shape index (κ3) is 3.13. The highest BCUT2D eigenvalue weighted by atomic mass is 35.5. The Morgan fingerprint density at radius 1 is 1.38 bits per heavy atom. The van der Waals surface area contributed by atoms with Crippen molar-refractivity contribution in [1.82, 2.24) is 14.5 Å². The summed E-state index contributed by atoms with van der Waals surface area (Å²) in [7, 11) is 0. The molecule has 2 aromatic heterocycles. The van der Waals surface area contributed by atoms with E-state index in [0.29, 0.717) is 23.4 Å². The lowest BCUT2D eigenvalue weighted by Gasteiger charge is -2.28. The number of carbonyl (C=O) groups is 1. The molecule has 1 N–H and O–H groups in total. The predicted molar refractivity (Wildman–Crippen MR) is 92.3 cm³/mol. The van der Waals surface area contributed by atoms with E-state index < -0.39 is 0 Å². The molecule has 4 rings (SSSR count). The number of imidazole rings is 1. The van der Waals surface area contributed by atoms with Gasteiger partial charge < -0.3 is 4.74 Å². The number of aromatic nitrogens is 3. The van der Waals surface area contributed by atoms with Crippen molar-refractivity contribution in [2.24, 2.45) is 0 Å². The van der Waals surface area contributed by atoms with Gasteiger partial charge in [-0.2, -0.15) is 0 Å². The quantitative estimate of drug-likeness (QED) is 0.894. The number of anilines is 1. The summed E-state index contributed by atoms with van der Waals surface area (Å²) in [6.45, 7) is 0.816. The Labute approximate surface area is 145 Å². The number of halogens is 1. The van der Waals surface area contributed by atoms with Crippen molar-refractivity contribution in [3.63, 3.8) is 0 Å². The fraction of sp³-hybridized carbons (Fsp3) is 0.588. The number of hydrogen-bond acceptors (Lipinski definition) is 4. The van der Waals surface area contributed by atoms with Crippen LogP contribution in [-0.2, 0) is 9.53 Å². The summed E-state index contributed by atoms with van der Waals surface area (Å²) in [5, 5.41) is 3.52. The average molecular weight is 349 g/mol. The maximum absolute atomic E-state index is 12.3. The van der Waals surface area contributed by atoms with Gasteiger partial charge in [-0.05, 0) is 44.6 Å². The predicted octanol–water partition coefficient (Wildman–Crippen LogP) is 3.71. The molecule has 24 heavy (non-hydrogen) atoms. The van der Waals surface area contributed by atoms with Crippen LogP contribution in [0.15, 0.2) is 12.3 Å². The Morgan fingerprint density at radius 2 is 2.25 bits per heavy atom. The molecule has 1 saturated heterocycles. The van der Waals surface area contributed by atoms with Gasteiger partial charge in [0.25, 0.3) is 0 Å². The standard InChI is InChI=1S/C17H21ClN4O2/c18-11-9-14-16(19-10-11)22(12-3-1-4-12)17(20-14)21-15(23)7-6-13-5-2-8-24-13/h9-10,12-13H,1-8H2,(H,20,21,23). The minimum absolute atomic E-state index is 0.0209. The van der Waals surface area contributed by atoms with Crippen molar-refractivity contribution >= 4 is 34.6 Å². The maximum atomic E-state index is 12.3. The van der Waals surface area contributed by atoms with E-state index in [1.54, 1.807) is 12.3 Å². The Bertz CT molecular complexity index is 750. The van der Waals surface area contributed by atoms with E-state index in [4.69, 9.17) is 16.3 Å². The molecule has 1 unspecified atom stereocenters. The third-order valence-electron chi connectivity index (χ3n) is 4.91. The minimum Gasteiger partial charge on any atom is -0.378 e. The molecule has 128 valence electrons. The molecule has 0 radical (unpaired) electrons. The molecule has 2 aromatic rings. The van der Waals surface area contributed by atoms with Gasteiger partial charge in [0.05, 0.1) is 11.1 Å². The largest absolute Gasteiger partial charge is 0.378 e. The van der Waals surface area contributed by atoms with E-state index >= 15 is 0 Å². The highest BCUT2D eigenvalue weighted by Gasteiger charge is 2.26. The molecule has 2 aliphatic rings. The zero-order valence-electron chi connectivity index (χ0n) is 13.5. The van der Waals surface area contributed by atoms with Crippen LogP contribution in [-0.4, -0.2) is 33.2 Å². The summed E-state index contributed by atoms with van der Waals surface area (Å²) in [6, 6.07) is 2.15. The van der Waals surface area contributed by atoms with E-state index in [-0.39, 0.29) is 12.0 Å². The maximum Gasteiger partial charge on any atom is 0.226 e. The van der Waals surface area contributed by atoms with Gasteiger partial charge in [-0.3, -0.25) is 14.7 Å². The highest BCUT2D eigenvalue weighted by molar-refractivity contribution is 6.31. The third-order valence-corrected chi connectivity index (χ3v) is 5.11. The van der Waals surface area contributed by atoms with Crippen LogP contribution in [0.1, 0.15) is 51.0 Å². The van der Waals surface area contributed by atoms with E-state index in [1.165, 1.54) is 6.42 Å². The molecule has 1 saturated carbocycles. The number of hydrogen-bond donors (Lipinski definition) is 1. The monoisotopic (exact) mass is 348 g/mol. The second-order valence-electron chi connectivity index (χ2n) is 6.61. The first-order valence-corrected chi connectivity index (χ1v) is 9.03. The molecule has 7 heteroatoms. The van der Waals surface area contributed by atoms with Gasteiger partial charge >= 0.3 is 0 Å². The van der Waals surface area contributed by atoms with Crippen LogP contribution in [0.2, 0.25) is 5.02 Å². The smallest absolute Gasteiger partial charge is 0.226 e. The molecule has 0 spiro atoms. The number of nitrogens with one attached hydrogen (secondary N) is 1. The highest BCUT2D eigenvalue weighted by Crippen LogP contribution is 2.37. The van der Waals surface area contributed by atoms with E-state index in [9.17, 15) is 4.79 Å². The van der Waals surface area contributed by atoms with Crippen molar-refractivity contribution in [3.8, 4) is 0 Å². The van der Waals surface area contributed by atoms with Crippen LogP contribution in [0, 0.1) is 0 Å². The lowest BCUT2D eigenvalue weighted by Crippen LogP contribution is -2.23. The van der Waals surface area contributed by atoms with Crippen molar-refractivity contribution in [2.45, 2.75) is 57.1 Å². The molecule has 6 nitrogen and oxygen atoms in total. The lowest BCUT2D eigenvalue weighted by molar-refractivity contribution is -0.116. The average Bonchev–Trinajstić information content (AvgIpc) is 3.12. The molecule has 1 aliphatic heterocycles. The van der Waals surface area contributed by atoms with Gasteiger partial charge in [0.2, 0.25) is 11.9 Å². The van der Waals surface area contributed by atoms with Crippen LogP contribution < -0.4 is 5.32 Å². The first kappa shape index (κ1) is 15.8. The zero-order chi connectivity index (χ0) is 16.5. The summed E-state index contributed by atoms with van der Waals surface area (Å²) in [5.74, 6) is 0.564. The van der Waals surface area contributed by atoms with Gasteiger partial charge in [0.1, 0.15) is 5.52 Å². The van der Waals surface area contributed by atoms with Crippen LogP contribution >= 0.6 is 11.6 Å². The van der Waals surface area contributed by atoms with Crippen molar-refractivity contribution in [1.29, 1.82) is 0 Å². The van der Waals surface area contributed by atoms with Gasteiger partial charge in [-0.1, -0.05) is 11.6 Å². The summed E-state index contributed by atoms with van der Waals surface area (Å²) in [6.07, 6.45) is 8.59. The molecule has 0 aromatic carbocycles. The number of ether oxygens (including phenoxy) is 1. The summed E-state index contributed by atoms with van der Waals surface area (Å²) >= 11 is 6.02. The van der Waals surface area contributed by atoms with Crippen molar-refractivity contribution in [3.05, 3.63) is 17.3 Å². The summed E-state index contributed by atoms with van der Waals surface area (Å²) in [4.78, 5) is 21.3. The van der Waals surface area contributed by atoms with Crippen molar-refractivity contribution < 1.29 is 9.53 Å². The number of pyridine rings is 1. The molecule has 2 fully saturated rings. The van der Waals surface area contributed by atoms with Gasteiger partial charge in [0, 0.05) is 25.3 Å². The molecule has 0 bridgehead atoms. The first-order valence-electron chi connectivity index (χ1n) is 8.65. The molecule has 3 heterocycles. The van der Waals surface area contributed by atoms with Crippen LogP contribution in [0.5, 0.6) is 0 Å². The number of amides is 1. The molecule has 1 atom stereocenters. The second-order valence-corrected chi connectivity index (χ2v) is 7.04. The second kappa shape index (κ2) is 6.69. The summed E-state index contributed by atoms with van der Waals surface area (Å²) < 4.78 is 7.63. The molecular weight excluding hydrogens is 328 g/mol. The van der Waals surface area contributed by atoms with Crippen LogP contribution in [0.4, 0.5) is 5.95 Å². The van der Waals surface area contributed by atoms with E-state index in [2.05, 4.69) is 19.9 Å². The van der Waals surface area contributed by atoms with Gasteiger partial charge in [-0.15, -0.1) is 0 Å². The fourth-order valence-corrected chi connectivity index (χ4v) is 3.54. The first-order chi connectivity index (χ1) is 11.7. The number of carbonyl (C=O) groups excluding carboxylic acids is 1. The fourth-order valence-electron chi connectivity index (χ4n) is 3.39. The molecular formula is C17H21ClN4O2. The molecule has 1 amide bonds.